The molecule has 6 nitrogen and oxygen atoms in total. The molecule has 0 bridgehead atoms. The van der Waals surface area contributed by atoms with E-state index < -0.39 is 10.0 Å². The Morgan fingerprint density at radius 1 is 1.11 bits per heavy atom. The molecule has 2 aromatic carbocycles. The molecular weight excluding hydrogens is 444 g/mol. The lowest BCUT2D eigenvalue weighted by molar-refractivity contribution is 0.0950. The first-order valence-electron chi connectivity index (χ1n) is 9.13. The van der Waals surface area contributed by atoms with Crippen molar-refractivity contribution >= 4 is 31.9 Å². The minimum absolute atomic E-state index is 0.0387. The van der Waals surface area contributed by atoms with E-state index >= 15 is 0 Å². The third-order valence-electron chi connectivity index (χ3n) is 4.15. The van der Waals surface area contributed by atoms with Crippen molar-refractivity contribution in [3.05, 3.63) is 58.1 Å². The molecule has 0 heterocycles. The Morgan fingerprint density at radius 3 is 2.43 bits per heavy atom. The number of halogens is 1. The number of nitrogens with two attached hydrogens (primary N) is 1. The van der Waals surface area contributed by atoms with E-state index in [0.29, 0.717) is 17.9 Å². The van der Waals surface area contributed by atoms with Gasteiger partial charge in [0.05, 0.1) is 16.0 Å². The Kier molecular flexibility index (Phi) is 8.47. The molecule has 0 aliphatic carbocycles. The lowest BCUT2D eigenvalue weighted by Crippen LogP contribution is -2.22. The van der Waals surface area contributed by atoms with Crippen molar-refractivity contribution in [1.82, 2.24) is 5.32 Å². The number of rotatable bonds is 10. The first-order chi connectivity index (χ1) is 13.3. The van der Waals surface area contributed by atoms with Crippen LogP contribution in [0.2, 0.25) is 0 Å². The second kappa shape index (κ2) is 10.6. The highest BCUT2D eigenvalue weighted by Crippen LogP contribution is 2.26. The van der Waals surface area contributed by atoms with Crippen LogP contribution in [0.5, 0.6) is 5.75 Å². The van der Waals surface area contributed by atoms with Crippen LogP contribution in [-0.2, 0) is 16.6 Å². The van der Waals surface area contributed by atoms with Crippen LogP contribution in [0.4, 0.5) is 0 Å². The van der Waals surface area contributed by atoms with Gasteiger partial charge in [0.2, 0.25) is 10.0 Å². The summed E-state index contributed by atoms with van der Waals surface area (Å²) in [7, 11) is -3.72. The first kappa shape index (κ1) is 22.4. The van der Waals surface area contributed by atoms with Gasteiger partial charge in [-0.15, -0.1) is 0 Å². The third kappa shape index (κ3) is 6.92. The summed E-state index contributed by atoms with van der Waals surface area (Å²) in [6.45, 7) is 3.09. The van der Waals surface area contributed by atoms with Crippen molar-refractivity contribution in [1.29, 1.82) is 0 Å². The molecule has 3 N–H and O–H groups in total. The molecule has 0 atom stereocenters. The van der Waals surface area contributed by atoms with E-state index in [1.54, 1.807) is 30.3 Å². The van der Waals surface area contributed by atoms with E-state index in [1.165, 1.54) is 25.0 Å². The molecule has 0 radical (unpaired) electrons. The van der Waals surface area contributed by atoms with Gasteiger partial charge in [0.1, 0.15) is 5.75 Å². The second-order valence-electron chi connectivity index (χ2n) is 6.43. The standard InChI is InChI=1S/C20H25BrN2O4S/c1-2-3-4-5-12-27-19-11-8-16(13-18(19)21)20(24)23-14-15-6-9-17(10-7-15)28(22,25)26/h6-11,13H,2-5,12,14H2,1H3,(H,23,24)(H2,22,25,26). The number of carbonyl (C=O) groups excluding carboxylic acids is 1. The Bertz CT molecular complexity index is 899. The molecule has 8 heteroatoms. The van der Waals surface area contributed by atoms with Crippen molar-refractivity contribution in [3.8, 4) is 5.75 Å². The minimum Gasteiger partial charge on any atom is -0.492 e. The summed E-state index contributed by atoms with van der Waals surface area (Å²) in [5, 5.41) is 7.88. The lowest BCUT2D eigenvalue weighted by atomic mass is 10.2. The van der Waals surface area contributed by atoms with Crippen LogP contribution >= 0.6 is 15.9 Å². The van der Waals surface area contributed by atoms with Gasteiger partial charge in [0, 0.05) is 12.1 Å². The number of carbonyl (C=O) groups is 1. The number of ether oxygens (including phenoxy) is 1. The summed E-state index contributed by atoms with van der Waals surface area (Å²) in [5.41, 5.74) is 1.28. The lowest BCUT2D eigenvalue weighted by Gasteiger charge is -2.10. The van der Waals surface area contributed by atoms with Crippen LogP contribution < -0.4 is 15.2 Å². The zero-order valence-corrected chi connectivity index (χ0v) is 18.2. The molecule has 0 aliphatic rings. The quantitative estimate of drug-likeness (QED) is 0.514. The maximum Gasteiger partial charge on any atom is 0.251 e. The largest absolute Gasteiger partial charge is 0.492 e. The molecule has 152 valence electrons. The smallest absolute Gasteiger partial charge is 0.251 e. The molecule has 0 aliphatic heterocycles. The van der Waals surface area contributed by atoms with Gasteiger partial charge in [-0.05, 0) is 58.2 Å². The SMILES string of the molecule is CCCCCCOc1ccc(C(=O)NCc2ccc(S(N)(=O)=O)cc2)cc1Br. The average molecular weight is 469 g/mol. The van der Waals surface area contributed by atoms with Crippen molar-refractivity contribution < 1.29 is 17.9 Å². The maximum absolute atomic E-state index is 12.4. The van der Waals surface area contributed by atoms with Crippen LogP contribution in [0.3, 0.4) is 0 Å². The minimum atomic E-state index is -3.72. The van der Waals surface area contributed by atoms with Gasteiger partial charge in [-0.3, -0.25) is 4.79 Å². The third-order valence-corrected chi connectivity index (χ3v) is 5.70. The highest BCUT2D eigenvalue weighted by molar-refractivity contribution is 9.10. The maximum atomic E-state index is 12.4. The van der Waals surface area contributed by atoms with E-state index in [2.05, 4.69) is 28.2 Å². The van der Waals surface area contributed by atoms with E-state index in [0.717, 1.165) is 22.9 Å². The van der Waals surface area contributed by atoms with Crippen LogP contribution in [0, 0.1) is 0 Å². The Labute approximate surface area is 174 Å². The number of nitrogens with one attached hydrogen (secondary N) is 1. The second-order valence-corrected chi connectivity index (χ2v) is 8.84. The topological polar surface area (TPSA) is 98.5 Å². The van der Waals surface area contributed by atoms with Gasteiger partial charge in [-0.25, -0.2) is 13.6 Å². The number of unbranched alkanes of at least 4 members (excludes halogenated alkanes) is 3. The Balaban J connectivity index is 1.89. The van der Waals surface area contributed by atoms with E-state index in [1.807, 2.05) is 0 Å². The molecule has 0 saturated carbocycles. The van der Waals surface area contributed by atoms with Crippen LogP contribution in [0.25, 0.3) is 0 Å². The summed E-state index contributed by atoms with van der Waals surface area (Å²) in [5.74, 6) is 0.484. The van der Waals surface area contributed by atoms with Gasteiger partial charge in [0.25, 0.3) is 5.91 Å². The molecule has 2 rings (SSSR count). The van der Waals surface area contributed by atoms with Gasteiger partial charge >= 0.3 is 0 Å². The molecule has 0 unspecified atom stereocenters. The monoisotopic (exact) mass is 468 g/mol. The molecule has 0 aromatic heterocycles. The molecular formula is C20H25BrN2O4S. The van der Waals surface area contributed by atoms with Gasteiger partial charge in [-0.1, -0.05) is 38.3 Å². The number of hydrogen-bond acceptors (Lipinski definition) is 4. The summed E-state index contributed by atoms with van der Waals surface area (Å²) in [6.07, 6.45) is 4.54. The Morgan fingerprint density at radius 2 is 1.82 bits per heavy atom. The fourth-order valence-electron chi connectivity index (χ4n) is 2.55. The van der Waals surface area contributed by atoms with Gasteiger partial charge < -0.3 is 10.1 Å². The number of amides is 1. The highest BCUT2D eigenvalue weighted by Gasteiger charge is 2.10. The van der Waals surface area contributed by atoms with Gasteiger partial charge in [0.15, 0.2) is 0 Å². The molecule has 0 saturated heterocycles. The predicted octanol–water partition coefficient (Wildman–Crippen LogP) is 3.99. The number of primary sulfonamides is 1. The fourth-order valence-corrected chi connectivity index (χ4v) is 3.56. The molecule has 2 aromatic rings. The van der Waals surface area contributed by atoms with Crippen LogP contribution in [0.1, 0.15) is 48.5 Å². The van der Waals surface area contributed by atoms with Crippen LogP contribution in [0.15, 0.2) is 51.8 Å². The van der Waals surface area contributed by atoms with E-state index in [9.17, 15) is 13.2 Å². The van der Waals surface area contributed by atoms with E-state index in [4.69, 9.17) is 9.88 Å². The number of benzene rings is 2. The van der Waals surface area contributed by atoms with Crippen molar-refractivity contribution in [2.45, 2.75) is 44.0 Å². The predicted molar refractivity (Wildman–Crippen MR) is 113 cm³/mol. The fraction of sp³-hybridized carbons (Fsp3) is 0.350. The summed E-state index contributed by atoms with van der Waals surface area (Å²) in [6, 6.07) is 11.3. The molecule has 28 heavy (non-hydrogen) atoms. The average Bonchev–Trinajstić information content (AvgIpc) is 2.66. The number of hydrogen-bond donors (Lipinski definition) is 2. The number of sulfonamides is 1. The Hall–Kier alpha value is -1.90. The summed E-state index contributed by atoms with van der Waals surface area (Å²) >= 11 is 3.45. The molecule has 0 fully saturated rings. The zero-order chi connectivity index (χ0) is 20.6. The van der Waals surface area contributed by atoms with Gasteiger partial charge in [-0.2, -0.15) is 0 Å². The van der Waals surface area contributed by atoms with E-state index in [-0.39, 0.29) is 17.3 Å². The van der Waals surface area contributed by atoms with Crippen LogP contribution in [-0.4, -0.2) is 20.9 Å². The van der Waals surface area contributed by atoms with Crippen molar-refractivity contribution in [2.24, 2.45) is 5.14 Å². The zero-order valence-electron chi connectivity index (χ0n) is 15.8. The summed E-state index contributed by atoms with van der Waals surface area (Å²) < 4.78 is 29.0. The van der Waals surface area contributed by atoms with Crippen molar-refractivity contribution in [3.63, 3.8) is 0 Å². The summed E-state index contributed by atoms with van der Waals surface area (Å²) in [4.78, 5) is 12.4. The highest BCUT2D eigenvalue weighted by atomic mass is 79.9. The molecule has 0 spiro atoms. The first-order valence-corrected chi connectivity index (χ1v) is 11.5. The normalized spacial score (nSPS) is 11.2. The van der Waals surface area contributed by atoms with Crippen molar-refractivity contribution in [2.75, 3.05) is 6.61 Å². The molecule has 1 amide bonds.